The maximum Gasteiger partial charge on any atom is 0.329 e. The highest BCUT2D eigenvalue weighted by molar-refractivity contribution is 5.96. The van der Waals surface area contributed by atoms with Gasteiger partial charge < -0.3 is 30.1 Å². The normalized spacial score (nSPS) is 28.9. The highest BCUT2D eigenvalue weighted by Gasteiger charge is 2.44. The Hall–Kier alpha value is -4.10. The molecule has 0 spiro atoms. The predicted molar refractivity (Wildman–Crippen MR) is 151 cm³/mol. The molecule has 14 heteroatoms. The molecule has 3 saturated heterocycles. The van der Waals surface area contributed by atoms with E-state index in [4.69, 9.17) is 4.74 Å². The number of likely N-dealkylation sites (N-methyl/N-ethyl adjacent to an activating group) is 1. The van der Waals surface area contributed by atoms with Crippen molar-refractivity contribution in [2.45, 2.75) is 95.6 Å². The van der Waals surface area contributed by atoms with Crippen molar-refractivity contribution in [3.05, 3.63) is 35.4 Å². The third kappa shape index (κ3) is 7.16. The number of amides is 5. The zero-order valence-electron chi connectivity index (χ0n) is 25.3. The van der Waals surface area contributed by atoms with E-state index in [1.807, 2.05) is 0 Å². The number of hydrogen-bond donors (Lipinski definition) is 2. The summed E-state index contributed by atoms with van der Waals surface area (Å²) in [6, 6.07) is -2.30. The molecule has 5 amide bonds. The third-order valence-corrected chi connectivity index (χ3v) is 8.58. The van der Waals surface area contributed by atoms with E-state index in [2.05, 4.69) is 10.6 Å². The molecule has 12 nitrogen and oxygen atoms in total. The number of hydrogen-bond acceptors (Lipinski definition) is 7. The van der Waals surface area contributed by atoms with Crippen LogP contribution in [0.1, 0.15) is 58.4 Å². The Morgan fingerprint density at radius 1 is 0.909 bits per heavy atom. The molecule has 3 aliphatic rings. The molecule has 1 aromatic carbocycles. The van der Waals surface area contributed by atoms with Gasteiger partial charge in [-0.15, -0.1) is 0 Å². The molecule has 0 aromatic heterocycles. The maximum absolute atomic E-state index is 14.0. The number of nitrogens with one attached hydrogen (secondary N) is 2. The topological polar surface area (TPSA) is 145 Å². The summed E-state index contributed by atoms with van der Waals surface area (Å²) in [4.78, 5) is 84.0. The summed E-state index contributed by atoms with van der Waals surface area (Å²) < 4.78 is 33.0. The molecule has 3 aliphatic heterocycles. The second-order valence-electron chi connectivity index (χ2n) is 11.7. The van der Waals surface area contributed by atoms with Crippen molar-refractivity contribution in [1.82, 2.24) is 25.3 Å². The summed E-state index contributed by atoms with van der Waals surface area (Å²) in [6.45, 7) is 4.91. The van der Waals surface area contributed by atoms with Gasteiger partial charge in [0.2, 0.25) is 29.5 Å². The van der Waals surface area contributed by atoms with Gasteiger partial charge in [0, 0.05) is 32.6 Å². The van der Waals surface area contributed by atoms with Crippen molar-refractivity contribution in [1.29, 1.82) is 0 Å². The van der Waals surface area contributed by atoms with Gasteiger partial charge in [0.25, 0.3) is 0 Å². The summed E-state index contributed by atoms with van der Waals surface area (Å²) >= 11 is 0. The van der Waals surface area contributed by atoms with Gasteiger partial charge in [-0.2, -0.15) is 0 Å². The first kappa shape index (κ1) is 32.8. The van der Waals surface area contributed by atoms with Crippen LogP contribution in [0, 0.1) is 11.6 Å². The van der Waals surface area contributed by atoms with Gasteiger partial charge in [-0.1, -0.05) is 0 Å². The molecule has 2 N–H and O–H groups in total. The van der Waals surface area contributed by atoms with Gasteiger partial charge in [-0.25, -0.2) is 13.6 Å². The minimum Gasteiger partial charge on any atom is -0.458 e. The number of halogens is 2. The Morgan fingerprint density at radius 2 is 1.50 bits per heavy atom. The molecule has 0 bridgehead atoms. The molecule has 0 saturated carbocycles. The predicted octanol–water partition coefficient (Wildman–Crippen LogP) is 0.661. The monoisotopic (exact) mass is 619 g/mol. The zero-order valence-corrected chi connectivity index (χ0v) is 25.3. The van der Waals surface area contributed by atoms with E-state index < -0.39 is 83.5 Å². The van der Waals surface area contributed by atoms with Crippen LogP contribution < -0.4 is 10.6 Å². The Kier molecular flexibility index (Phi) is 10.2. The van der Waals surface area contributed by atoms with Crippen molar-refractivity contribution in [2.75, 3.05) is 20.1 Å². The first-order chi connectivity index (χ1) is 20.8. The first-order valence-electron chi connectivity index (χ1n) is 14.9. The van der Waals surface area contributed by atoms with Crippen LogP contribution in [-0.2, 0) is 39.9 Å². The smallest absolute Gasteiger partial charge is 0.329 e. The molecule has 44 heavy (non-hydrogen) atoms. The van der Waals surface area contributed by atoms with Gasteiger partial charge >= 0.3 is 5.97 Å². The summed E-state index contributed by atoms with van der Waals surface area (Å²) in [5.74, 6) is -5.19. The Labute approximate surface area is 254 Å². The lowest BCUT2D eigenvalue weighted by molar-refractivity contribution is -0.162. The summed E-state index contributed by atoms with van der Waals surface area (Å²) in [6.07, 6.45) is 0.185. The molecule has 240 valence electrons. The number of nitrogens with zero attached hydrogens (tertiary/aromatic N) is 3. The number of ether oxygens (including phenoxy) is 1. The number of benzene rings is 1. The van der Waals surface area contributed by atoms with E-state index in [-0.39, 0.29) is 31.5 Å². The molecule has 1 aromatic rings. The van der Waals surface area contributed by atoms with Gasteiger partial charge in [0.15, 0.2) is 0 Å². The van der Waals surface area contributed by atoms with E-state index in [1.54, 1.807) is 0 Å². The minimum absolute atomic E-state index is 0.0253. The molecule has 3 fully saturated rings. The highest BCUT2D eigenvalue weighted by Crippen LogP contribution is 2.25. The SMILES string of the molecule is C[C@@H]1NC(=O)[C@H](C)N(C)C(=O)C2CCCN2C(=O)[C@@H](NC(=O)CCc2cc(F)cc(F)c2)[C@H](C)OC(=O)C2CCCN2C1=O. The van der Waals surface area contributed by atoms with E-state index in [9.17, 15) is 37.5 Å². The van der Waals surface area contributed by atoms with Crippen LogP contribution in [0.25, 0.3) is 0 Å². The van der Waals surface area contributed by atoms with Gasteiger partial charge in [0.1, 0.15) is 47.9 Å². The molecule has 0 aliphatic carbocycles. The molecular weight excluding hydrogens is 580 g/mol. The Balaban J connectivity index is 1.62. The van der Waals surface area contributed by atoms with Crippen molar-refractivity contribution < 1.29 is 42.3 Å². The fourth-order valence-electron chi connectivity index (χ4n) is 5.96. The van der Waals surface area contributed by atoms with Crippen molar-refractivity contribution in [2.24, 2.45) is 0 Å². The molecule has 4 rings (SSSR count). The number of carbonyl (C=O) groups excluding carboxylic acids is 6. The quantitative estimate of drug-likeness (QED) is 0.471. The Bertz CT molecular complexity index is 1310. The Morgan fingerprint density at radius 3 is 2.14 bits per heavy atom. The summed E-state index contributed by atoms with van der Waals surface area (Å²) in [5.41, 5.74) is 0.244. The van der Waals surface area contributed by atoms with Crippen LogP contribution in [0.5, 0.6) is 0 Å². The van der Waals surface area contributed by atoms with Crippen LogP contribution >= 0.6 is 0 Å². The molecular formula is C30H39F2N5O7. The number of fused-ring (bicyclic) bond motifs is 2. The zero-order chi connectivity index (χ0) is 32.3. The first-order valence-corrected chi connectivity index (χ1v) is 14.9. The van der Waals surface area contributed by atoms with Crippen molar-refractivity contribution in [3.8, 4) is 0 Å². The molecule has 2 unspecified atom stereocenters. The van der Waals surface area contributed by atoms with Crippen LogP contribution in [0.2, 0.25) is 0 Å². The average Bonchev–Trinajstić information content (AvgIpc) is 3.66. The summed E-state index contributed by atoms with van der Waals surface area (Å²) in [7, 11) is 1.44. The van der Waals surface area contributed by atoms with Crippen LogP contribution in [0.4, 0.5) is 8.78 Å². The van der Waals surface area contributed by atoms with Gasteiger partial charge in [-0.05, 0) is 70.6 Å². The van der Waals surface area contributed by atoms with E-state index >= 15 is 0 Å². The number of carbonyl (C=O) groups is 6. The fourth-order valence-corrected chi connectivity index (χ4v) is 5.96. The number of cyclic esters (lactones) is 1. The van der Waals surface area contributed by atoms with Crippen LogP contribution in [-0.4, -0.2) is 107 Å². The maximum atomic E-state index is 14.0. The lowest BCUT2D eigenvalue weighted by atomic mass is 10.1. The minimum atomic E-state index is -1.40. The van der Waals surface area contributed by atoms with E-state index in [1.165, 1.54) is 42.5 Å². The molecule has 3 heterocycles. The van der Waals surface area contributed by atoms with Crippen molar-refractivity contribution in [3.63, 3.8) is 0 Å². The number of esters is 1. The van der Waals surface area contributed by atoms with E-state index in [0.717, 1.165) is 18.2 Å². The summed E-state index contributed by atoms with van der Waals surface area (Å²) in [5, 5.41) is 5.24. The number of aryl methyl sites for hydroxylation is 1. The average molecular weight is 620 g/mol. The van der Waals surface area contributed by atoms with Gasteiger partial charge in [0.05, 0.1) is 0 Å². The fraction of sp³-hybridized carbons (Fsp3) is 0.600. The molecule has 6 atom stereocenters. The second-order valence-corrected chi connectivity index (χ2v) is 11.7. The number of rotatable bonds is 4. The van der Waals surface area contributed by atoms with Crippen LogP contribution in [0.15, 0.2) is 18.2 Å². The lowest BCUT2D eigenvalue weighted by Gasteiger charge is -2.35. The second kappa shape index (κ2) is 13.7. The third-order valence-electron chi connectivity index (χ3n) is 8.58. The molecule has 0 radical (unpaired) electrons. The lowest BCUT2D eigenvalue weighted by Crippen LogP contribution is -2.60. The van der Waals surface area contributed by atoms with E-state index in [0.29, 0.717) is 25.7 Å². The van der Waals surface area contributed by atoms with Gasteiger partial charge in [-0.3, -0.25) is 24.0 Å². The van der Waals surface area contributed by atoms with Crippen molar-refractivity contribution >= 4 is 35.5 Å². The highest BCUT2D eigenvalue weighted by atomic mass is 19.1. The van der Waals surface area contributed by atoms with Crippen LogP contribution in [0.3, 0.4) is 0 Å². The standard InChI is InChI=1S/C30H39F2N5O7/c1-16-27(40)37-12-6-8-23(37)30(43)44-18(3)25(34-24(38)10-9-19-13-20(31)15-21(32)14-19)29(42)36-11-5-7-22(36)28(41)35(4)17(2)26(39)33-16/h13-18,22-23,25H,5-12H2,1-4H3,(H,33,39)(H,34,38)/t16-,17-,18-,22?,23?,25-/m0/s1. The largest absolute Gasteiger partial charge is 0.458 e.